The molecular weight excluding hydrogens is 192 g/mol. The smallest absolute Gasteiger partial charge is 0.240 e. The molecule has 0 spiro atoms. The average Bonchev–Trinajstić information content (AvgIpc) is 2.17. The van der Waals surface area contributed by atoms with E-state index in [4.69, 9.17) is 28.6 Å². The largest absolute Gasteiger partial charge is 0.463 e. The maximum atomic E-state index is 5.70. The molecule has 0 radical (unpaired) electrons. The van der Waals surface area contributed by atoms with Gasteiger partial charge < -0.3 is 4.74 Å². The Kier molecular flexibility index (Phi) is 3.31. The molecule has 0 aromatic carbocycles. The van der Waals surface area contributed by atoms with Gasteiger partial charge in [0.2, 0.25) is 11.8 Å². The molecule has 0 aliphatic carbocycles. The number of hydrogen-bond acceptors (Lipinski definition) is 5. The number of nitrogens with one attached hydrogen (secondary N) is 1. The molecule has 68 valence electrons. The Hall–Kier alpha value is -1.51. The summed E-state index contributed by atoms with van der Waals surface area (Å²) >= 11 is 5.70. The molecule has 1 heterocycles. The number of hydrazine groups is 1. The first-order valence-electron chi connectivity index (χ1n) is 3.33. The van der Waals surface area contributed by atoms with Crippen molar-refractivity contribution in [3.63, 3.8) is 0 Å². The van der Waals surface area contributed by atoms with E-state index in [9.17, 15) is 0 Å². The number of nitrogen functional groups attached to an aromatic ring is 1. The van der Waals surface area contributed by atoms with Gasteiger partial charge in [-0.25, -0.2) is 10.8 Å². The lowest BCUT2D eigenvalue weighted by Crippen LogP contribution is -2.11. The van der Waals surface area contributed by atoms with E-state index in [2.05, 4.69) is 21.3 Å². The normalized spacial score (nSPS) is 9.00. The van der Waals surface area contributed by atoms with Crippen LogP contribution in [-0.2, 0) is 0 Å². The van der Waals surface area contributed by atoms with Gasteiger partial charge in [0.1, 0.15) is 5.02 Å². The van der Waals surface area contributed by atoms with E-state index in [0.29, 0.717) is 0 Å². The quantitative estimate of drug-likeness (QED) is 0.419. The van der Waals surface area contributed by atoms with Crippen LogP contribution in [0.15, 0.2) is 6.20 Å². The summed E-state index contributed by atoms with van der Waals surface area (Å²) in [5.74, 6) is 7.80. The fraction of sp³-hybridized carbons (Fsp3) is 0.143. The van der Waals surface area contributed by atoms with Crippen LogP contribution in [0.5, 0.6) is 5.88 Å². The zero-order chi connectivity index (χ0) is 9.68. The van der Waals surface area contributed by atoms with E-state index < -0.39 is 0 Å². The molecular formula is C7H7ClN4O. The highest BCUT2D eigenvalue weighted by Gasteiger charge is 2.04. The first kappa shape index (κ1) is 9.58. The highest BCUT2D eigenvalue weighted by atomic mass is 35.5. The molecule has 0 fully saturated rings. The van der Waals surface area contributed by atoms with Crippen molar-refractivity contribution in [2.75, 3.05) is 12.0 Å². The lowest BCUT2D eigenvalue weighted by atomic mass is 10.6. The minimum atomic E-state index is 0.0980. The second kappa shape index (κ2) is 4.50. The second-order valence-corrected chi connectivity index (χ2v) is 2.39. The maximum absolute atomic E-state index is 5.70. The summed E-state index contributed by atoms with van der Waals surface area (Å²) in [6, 6.07) is 0. The number of nitrogens with zero attached hydrogens (tertiary/aromatic N) is 2. The number of aromatic nitrogens is 2. The van der Waals surface area contributed by atoms with Crippen molar-refractivity contribution in [2.45, 2.75) is 0 Å². The van der Waals surface area contributed by atoms with Crippen molar-refractivity contribution in [1.82, 2.24) is 9.97 Å². The molecule has 0 amide bonds. The van der Waals surface area contributed by atoms with Gasteiger partial charge in [0, 0.05) is 0 Å². The zero-order valence-electron chi connectivity index (χ0n) is 6.62. The van der Waals surface area contributed by atoms with E-state index in [1.165, 1.54) is 6.20 Å². The second-order valence-electron chi connectivity index (χ2n) is 1.98. The number of anilines is 1. The van der Waals surface area contributed by atoms with Crippen LogP contribution in [0.3, 0.4) is 0 Å². The molecule has 13 heavy (non-hydrogen) atoms. The van der Waals surface area contributed by atoms with Crippen LogP contribution in [0.2, 0.25) is 5.02 Å². The summed E-state index contributed by atoms with van der Waals surface area (Å²) in [6.07, 6.45) is 6.37. The standard InChI is InChI=1S/C7H7ClN4O/c1-2-3-13-6-5(8)4-10-7(11-6)12-9/h1,4H,3,9H2,(H,10,11,12). The fourth-order valence-corrected chi connectivity index (χ4v) is 0.778. The lowest BCUT2D eigenvalue weighted by molar-refractivity contribution is 0.355. The summed E-state index contributed by atoms with van der Waals surface area (Å²) in [5, 5.41) is 0.286. The molecule has 0 aliphatic heterocycles. The van der Waals surface area contributed by atoms with Crippen LogP contribution in [-0.4, -0.2) is 16.6 Å². The Labute approximate surface area is 80.2 Å². The molecule has 1 aromatic rings. The minimum absolute atomic E-state index is 0.0980. The third-order valence-electron chi connectivity index (χ3n) is 1.13. The van der Waals surface area contributed by atoms with E-state index in [-0.39, 0.29) is 23.5 Å². The highest BCUT2D eigenvalue weighted by Crippen LogP contribution is 2.21. The van der Waals surface area contributed by atoms with E-state index in [1.807, 2.05) is 0 Å². The van der Waals surface area contributed by atoms with Crippen LogP contribution in [0.4, 0.5) is 5.95 Å². The molecule has 0 bridgehead atoms. The molecule has 1 rings (SSSR count). The van der Waals surface area contributed by atoms with Gasteiger partial charge in [-0.15, -0.1) is 6.42 Å². The summed E-state index contributed by atoms with van der Waals surface area (Å²) in [6.45, 7) is 0.0980. The Bertz CT molecular complexity index is 336. The van der Waals surface area contributed by atoms with Crippen molar-refractivity contribution >= 4 is 17.5 Å². The monoisotopic (exact) mass is 198 g/mol. The predicted molar refractivity (Wildman–Crippen MR) is 49.2 cm³/mol. The van der Waals surface area contributed by atoms with Crippen LogP contribution >= 0.6 is 11.6 Å². The number of hydrogen-bond donors (Lipinski definition) is 2. The zero-order valence-corrected chi connectivity index (χ0v) is 7.38. The third kappa shape index (κ3) is 2.47. The lowest BCUT2D eigenvalue weighted by Gasteiger charge is -2.04. The van der Waals surface area contributed by atoms with Gasteiger partial charge in [0.05, 0.1) is 6.20 Å². The van der Waals surface area contributed by atoms with E-state index >= 15 is 0 Å². The summed E-state index contributed by atoms with van der Waals surface area (Å²) in [4.78, 5) is 7.59. The predicted octanol–water partition coefficient (Wildman–Crippen LogP) is 0.428. The average molecular weight is 199 g/mol. The van der Waals surface area contributed by atoms with Crippen LogP contribution < -0.4 is 16.0 Å². The molecule has 0 aliphatic rings. The fourth-order valence-electron chi connectivity index (χ4n) is 0.632. The number of nitrogens with two attached hydrogens (primary N) is 1. The summed E-state index contributed by atoms with van der Waals surface area (Å²) < 4.78 is 5.01. The van der Waals surface area contributed by atoms with Gasteiger partial charge >= 0.3 is 0 Å². The van der Waals surface area contributed by atoms with Crippen molar-refractivity contribution in [3.05, 3.63) is 11.2 Å². The Balaban J connectivity index is 2.85. The number of ether oxygens (including phenoxy) is 1. The number of terminal acetylenes is 1. The summed E-state index contributed by atoms with van der Waals surface area (Å²) in [7, 11) is 0. The molecule has 0 saturated carbocycles. The van der Waals surface area contributed by atoms with E-state index in [1.54, 1.807) is 0 Å². The topological polar surface area (TPSA) is 73.1 Å². The first-order valence-corrected chi connectivity index (χ1v) is 3.71. The van der Waals surface area contributed by atoms with Gasteiger partial charge in [-0.3, -0.25) is 5.43 Å². The van der Waals surface area contributed by atoms with Crippen molar-refractivity contribution in [1.29, 1.82) is 0 Å². The SMILES string of the molecule is C#CCOc1nc(NN)ncc1Cl. The molecule has 0 saturated heterocycles. The van der Waals surface area contributed by atoms with Crippen LogP contribution in [0, 0.1) is 12.3 Å². The van der Waals surface area contributed by atoms with E-state index in [0.717, 1.165) is 0 Å². The first-order chi connectivity index (χ1) is 6.27. The van der Waals surface area contributed by atoms with Crippen molar-refractivity contribution < 1.29 is 4.74 Å². The van der Waals surface area contributed by atoms with Gasteiger partial charge in [0.15, 0.2) is 6.61 Å². The third-order valence-corrected chi connectivity index (χ3v) is 1.39. The number of rotatable bonds is 3. The maximum Gasteiger partial charge on any atom is 0.240 e. The van der Waals surface area contributed by atoms with Crippen LogP contribution in [0.1, 0.15) is 0 Å². The Morgan fingerprint density at radius 3 is 3.15 bits per heavy atom. The minimum Gasteiger partial charge on any atom is -0.463 e. The Morgan fingerprint density at radius 1 is 1.77 bits per heavy atom. The Morgan fingerprint density at radius 2 is 2.54 bits per heavy atom. The van der Waals surface area contributed by atoms with Gasteiger partial charge in [-0.05, 0) is 0 Å². The number of halogens is 1. The molecule has 0 atom stereocenters. The molecule has 0 unspecified atom stereocenters. The van der Waals surface area contributed by atoms with Crippen molar-refractivity contribution in [3.8, 4) is 18.2 Å². The molecule has 5 nitrogen and oxygen atoms in total. The summed E-state index contributed by atoms with van der Waals surface area (Å²) in [5.41, 5.74) is 2.26. The van der Waals surface area contributed by atoms with Crippen molar-refractivity contribution in [2.24, 2.45) is 5.84 Å². The van der Waals surface area contributed by atoms with Gasteiger partial charge in [0.25, 0.3) is 0 Å². The van der Waals surface area contributed by atoms with Gasteiger partial charge in [-0.1, -0.05) is 17.5 Å². The molecule has 6 heteroatoms. The van der Waals surface area contributed by atoms with Gasteiger partial charge in [-0.2, -0.15) is 4.98 Å². The van der Waals surface area contributed by atoms with Crippen LogP contribution in [0.25, 0.3) is 0 Å². The molecule has 1 aromatic heterocycles. The highest BCUT2D eigenvalue weighted by molar-refractivity contribution is 6.31. The molecule has 3 N–H and O–H groups in total.